The molecule has 2 aliphatic rings. The summed E-state index contributed by atoms with van der Waals surface area (Å²) in [6.07, 6.45) is 6.78. The van der Waals surface area contributed by atoms with Crippen molar-refractivity contribution in [3.8, 4) is 50.4 Å². The third-order valence-electron chi connectivity index (χ3n) is 12.5. The molecular weight excluding hydrogens is 1030 g/mol. The minimum atomic E-state index is -2.06. The predicted octanol–water partition coefficient (Wildman–Crippen LogP) is 16.9. The predicted molar refractivity (Wildman–Crippen MR) is 287 cm³/mol. The first-order valence-corrected chi connectivity index (χ1v) is 22.9. The van der Waals surface area contributed by atoms with Gasteiger partial charge in [0.15, 0.2) is 0 Å². The van der Waals surface area contributed by atoms with E-state index in [0.717, 1.165) is 67.8 Å². The molecule has 0 bridgehead atoms. The van der Waals surface area contributed by atoms with Crippen LogP contribution in [0.1, 0.15) is 15.2 Å². The number of nitrogens with zero attached hydrogens (tertiary/aromatic N) is 4. The van der Waals surface area contributed by atoms with E-state index in [-0.39, 0.29) is 21.1 Å². The first kappa shape index (κ1) is 41.8. The van der Waals surface area contributed by atoms with Gasteiger partial charge in [-0.05, 0) is 53.4 Å². The van der Waals surface area contributed by atoms with Gasteiger partial charge in [-0.15, -0.1) is 60.6 Å². The number of hydrogen-bond acceptors (Lipinski definition) is 4. The van der Waals surface area contributed by atoms with Crippen LogP contribution in [0.5, 0.6) is 0 Å². The summed E-state index contributed by atoms with van der Waals surface area (Å²) in [5.74, 6) is 2.17. The fraction of sp³-hybridized carbons (Fsp3) is 0.0154. The molecule has 336 valence electrons. The number of fused-ring (bicyclic) bond motifs is 2. The van der Waals surface area contributed by atoms with Crippen molar-refractivity contribution in [2.45, 2.75) is 6.85 Å². The maximum atomic E-state index is 7.07. The summed E-state index contributed by atoms with van der Waals surface area (Å²) in [5, 5.41) is 0. The van der Waals surface area contributed by atoms with Gasteiger partial charge >= 0.3 is 21.1 Å². The molecule has 5 heteroatoms. The second-order valence-corrected chi connectivity index (χ2v) is 16.7. The van der Waals surface area contributed by atoms with Crippen LogP contribution >= 0.6 is 0 Å². The van der Waals surface area contributed by atoms with Gasteiger partial charge < -0.3 is 26.0 Å². The van der Waals surface area contributed by atoms with E-state index in [4.69, 9.17) is 10.5 Å². The Balaban J connectivity index is 0.000000416. The Hall–Kier alpha value is -8.35. The quantitative estimate of drug-likeness (QED) is 0.111. The van der Waals surface area contributed by atoms with E-state index >= 15 is 0 Å². The van der Waals surface area contributed by atoms with Crippen molar-refractivity contribution in [1.82, 2.24) is 0 Å². The molecule has 0 saturated heterocycles. The second kappa shape index (κ2) is 20.5. The van der Waals surface area contributed by atoms with Crippen molar-refractivity contribution in [3.05, 3.63) is 286 Å². The zero-order valence-electron chi connectivity index (χ0n) is 40.9. The standard InChI is InChI=1S/C56H39N4.C9H7.Pt/c1-5-20-41(21-6-1)47-30-18-31-48(42-22-7-2-8-23-42)55(47)59-39-57(51-34-13-15-36-53(51)59)45-28-17-29-46(38-45)58-40-60(54-37-16-14-35-52(54)58)56-49(43-24-9-3-10-25-43)32-19-33-50(56)44-26-11-4-12-27-44;1-3-9-6-4-8(2)5-7-9;/h1-37,39-40H;4-7H,2H3;/q-3;-1;+4/i;2D3;. The molecule has 0 aliphatic carbocycles. The molecule has 10 aromatic carbocycles. The average Bonchev–Trinajstić information content (AvgIpc) is 4.03. The largest absolute Gasteiger partial charge is 4.00 e. The van der Waals surface area contributed by atoms with Crippen molar-refractivity contribution in [1.29, 1.82) is 0 Å². The first-order chi connectivity index (χ1) is 35.3. The topological polar surface area (TPSA) is 13.0 Å². The summed E-state index contributed by atoms with van der Waals surface area (Å²) in [5.41, 5.74) is 18.7. The van der Waals surface area contributed by atoms with E-state index < -0.39 is 6.85 Å². The van der Waals surface area contributed by atoms with Crippen LogP contribution in [-0.2, 0) is 21.1 Å². The Morgan fingerprint density at radius 3 is 1.01 bits per heavy atom. The molecule has 0 fully saturated rings. The molecular formula is C65H46N4Pt. The van der Waals surface area contributed by atoms with Gasteiger partial charge in [-0.25, -0.2) is 0 Å². The van der Waals surface area contributed by atoms with Gasteiger partial charge in [0, 0.05) is 60.5 Å². The van der Waals surface area contributed by atoms with Gasteiger partial charge in [-0.3, -0.25) is 5.92 Å². The minimum absolute atomic E-state index is 0. The number of hydrogen-bond donors (Lipinski definition) is 0. The van der Waals surface area contributed by atoms with E-state index in [2.05, 4.69) is 269 Å². The molecule has 70 heavy (non-hydrogen) atoms. The van der Waals surface area contributed by atoms with Crippen molar-refractivity contribution in [2.24, 2.45) is 0 Å². The number of anilines is 8. The molecule has 0 amide bonds. The molecule has 0 saturated carbocycles. The van der Waals surface area contributed by atoms with Gasteiger partial charge in [0.1, 0.15) is 0 Å². The van der Waals surface area contributed by atoms with Gasteiger partial charge in [0.2, 0.25) is 0 Å². The van der Waals surface area contributed by atoms with E-state index in [9.17, 15) is 0 Å². The molecule has 0 aromatic heterocycles. The van der Waals surface area contributed by atoms with E-state index in [1.54, 1.807) is 12.1 Å². The molecule has 4 nitrogen and oxygen atoms in total. The Labute approximate surface area is 430 Å². The van der Waals surface area contributed by atoms with Gasteiger partial charge in [-0.1, -0.05) is 200 Å². The molecule has 2 aliphatic heterocycles. The molecule has 0 radical (unpaired) electrons. The van der Waals surface area contributed by atoms with E-state index in [0.29, 0.717) is 11.1 Å². The molecule has 2 heterocycles. The van der Waals surface area contributed by atoms with Crippen LogP contribution in [0.15, 0.2) is 249 Å². The number of benzene rings is 10. The average molecular weight is 1080 g/mol. The normalized spacial score (nSPS) is 13.1. The monoisotopic (exact) mass is 1080 g/mol. The summed E-state index contributed by atoms with van der Waals surface area (Å²) >= 11 is 0. The van der Waals surface area contributed by atoms with Gasteiger partial charge in [0.05, 0.1) is 0 Å². The van der Waals surface area contributed by atoms with Crippen molar-refractivity contribution < 1.29 is 25.2 Å². The van der Waals surface area contributed by atoms with E-state index in [1.807, 2.05) is 0 Å². The maximum Gasteiger partial charge on any atom is 4.00 e. The number of rotatable bonds is 8. The van der Waals surface area contributed by atoms with Gasteiger partial charge in [-0.2, -0.15) is 6.07 Å². The molecule has 12 rings (SSSR count). The van der Waals surface area contributed by atoms with Crippen molar-refractivity contribution >= 4 is 45.5 Å². The zero-order chi connectivity index (χ0) is 49.0. The smallest absolute Gasteiger partial charge is 0.493 e. The number of aryl methyl sites for hydroxylation is 1. The number of para-hydroxylation sites is 6. The van der Waals surface area contributed by atoms with Crippen LogP contribution in [0.3, 0.4) is 0 Å². The summed E-state index contributed by atoms with van der Waals surface area (Å²) in [6.45, 7) is 2.40. The third kappa shape index (κ3) is 8.92. The van der Waals surface area contributed by atoms with Crippen LogP contribution < -0.4 is 19.6 Å². The van der Waals surface area contributed by atoms with Crippen molar-refractivity contribution in [3.63, 3.8) is 0 Å². The Kier molecular flexibility index (Phi) is 12.2. The SMILES string of the molecule is [2H]C([2H])([2H])c1ccc(C#[C-])cc1.[Pt+4].[c-]1c(N2[CH-]N(c3c(-c4ccccc4)cccc3-c3ccccc3)c3ccccc32)cccc1N1[CH-]N(c2c(-c3ccccc3)cccc2-c2ccccc2)c2ccccc21. The van der Waals surface area contributed by atoms with Crippen LogP contribution in [0.25, 0.3) is 44.5 Å². The Morgan fingerprint density at radius 1 is 0.371 bits per heavy atom. The Morgan fingerprint density at radius 2 is 0.686 bits per heavy atom. The van der Waals surface area contributed by atoms with Crippen LogP contribution in [0.2, 0.25) is 0 Å². The van der Waals surface area contributed by atoms with Crippen LogP contribution in [0, 0.1) is 38.6 Å². The molecule has 0 spiro atoms. The molecule has 10 aromatic rings. The summed E-state index contributed by atoms with van der Waals surface area (Å²) in [4.78, 5) is 9.25. The van der Waals surface area contributed by atoms with Crippen LogP contribution in [-0.4, -0.2) is 0 Å². The fourth-order valence-electron chi connectivity index (χ4n) is 9.25. The van der Waals surface area contributed by atoms with Crippen LogP contribution in [0.4, 0.5) is 45.5 Å². The summed E-state index contributed by atoms with van der Waals surface area (Å²) < 4.78 is 21.2. The molecule has 0 unspecified atom stereocenters. The van der Waals surface area contributed by atoms with E-state index in [1.165, 1.54) is 34.4 Å². The minimum Gasteiger partial charge on any atom is -0.493 e. The molecule has 0 atom stereocenters. The summed E-state index contributed by atoms with van der Waals surface area (Å²) in [6, 6.07) is 89.7. The summed E-state index contributed by atoms with van der Waals surface area (Å²) in [7, 11) is 0. The Bertz CT molecular complexity index is 3230. The van der Waals surface area contributed by atoms with Gasteiger partial charge in [0.25, 0.3) is 0 Å². The first-order valence-electron chi connectivity index (χ1n) is 24.4. The second-order valence-electron chi connectivity index (χ2n) is 16.7. The fourth-order valence-corrected chi connectivity index (χ4v) is 9.25. The zero-order valence-corrected chi connectivity index (χ0v) is 40.2. The maximum absolute atomic E-state index is 7.07. The third-order valence-corrected chi connectivity index (χ3v) is 12.5. The molecule has 0 N–H and O–H groups in total. The van der Waals surface area contributed by atoms with Crippen molar-refractivity contribution in [2.75, 3.05) is 19.6 Å².